The van der Waals surface area contributed by atoms with E-state index in [2.05, 4.69) is 29.5 Å². The molecule has 0 saturated carbocycles. The average Bonchev–Trinajstić information content (AvgIpc) is 1.35. The monoisotopic (exact) mass is 194 g/mol. The lowest BCUT2D eigenvalue weighted by Gasteiger charge is -1.94. The van der Waals surface area contributed by atoms with E-state index in [-0.39, 0.29) is 0 Å². The Kier molecular flexibility index (Phi) is 4.49. The van der Waals surface area contributed by atoms with Gasteiger partial charge in [-0.1, -0.05) is 35.9 Å². The fraction of sp³-hybridized carbons (Fsp3) is 1.00. The largest absolute Gasteiger partial charge is 0.0932 e. The molecule has 34 valence electrons. The van der Waals surface area contributed by atoms with Gasteiger partial charge in [0.15, 0.2) is 0 Å². The highest BCUT2D eigenvalue weighted by atomic mass is 127. The topological polar surface area (TPSA) is 0 Å². The van der Waals surface area contributed by atoms with Crippen LogP contribution in [0.1, 0.15) is 19.8 Å². The molecular weight excluding hydrogens is 186 g/mol. The van der Waals surface area contributed by atoms with Gasteiger partial charge in [0, 0.05) is 0 Å². The summed E-state index contributed by atoms with van der Waals surface area (Å²) < 4.78 is 0.368. The summed E-state index contributed by atoms with van der Waals surface area (Å²) in [5, 5.41) is 0. The number of alkyl halides is 1. The zero-order chi connectivity index (χ0) is 4.99. The van der Waals surface area contributed by atoms with Crippen LogP contribution in [0.3, 0.4) is 0 Å². The lowest BCUT2D eigenvalue weighted by molar-refractivity contribution is 0.878. The zero-order valence-electron chi connectivity index (χ0n) is 3.95. The van der Waals surface area contributed by atoms with E-state index in [1.807, 2.05) is 0 Å². The molecule has 0 fully saturated rings. The van der Waals surface area contributed by atoms with Crippen LogP contribution in [0.25, 0.3) is 0 Å². The van der Waals surface area contributed by atoms with Crippen LogP contribution >= 0.6 is 22.6 Å². The summed E-state index contributed by atoms with van der Waals surface area (Å²) >= 11 is 2.22. The van der Waals surface area contributed by atoms with Crippen LogP contribution in [0, 0.1) is 0 Å². The maximum absolute atomic E-state index is 5.39. The van der Waals surface area contributed by atoms with Gasteiger partial charge in [-0.05, 0) is 10.2 Å². The smallest absolute Gasteiger partial charge is 0.0842 e. The molecule has 1 atom stereocenters. The van der Waals surface area contributed by atoms with Crippen LogP contribution in [0.15, 0.2) is 0 Å². The van der Waals surface area contributed by atoms with E-state index < -0.39 is 0 Å². The number of hydrogen-bond acceptors (Lipinski definition) is 0. The molecule has 0 heterocycles. The number of rotatable bonds is 2. The van der Waals surface area contributed by atoms with E-state index in [4.69, 9.17) is 7.85 Å². The van der Waals surface area contributed by atoms with Crippen LogP contribution < -0.4 is 0 Å². The minimum absolute atomic E-state index is 0.368. The molecule has 0 aromatic carbocycles. The van der Waals surface area contributed by atoms with Crippen molar-refractivity contribution in [1.82, 2.24) is 0 Å². The van der Waals surface area contributed by atoms with Crippen LogP contribution in [0.4, 0.5) is 0 Å². The fourth-order valence-corrected chi connectivity index (χ4v) is 0.899. The second-order valence-electron chi connectivity index (χ2n) is 1.30. The van der Waals surface area contributed by atoms with Crippen molar-refractivity contribution in [3.05, 3.63) is 0 Å². The van der Waals surface area contributed by atoms with Crippen LogP contribution in [-0.2, 0) is 0 Å². The van der Waals surface area contributed by atoms with Gasteiger partial charge in [-0.15, -0.1) is 0 Å². The Balaban J connectivity index is 2.63. The summed E-state index contributed by atoms with van der Waals surface area (Å²) in [6.45, 7) is 2.14. The van der Waals surface area contributed by atoms with Crippen LogP contribution in [-0.4, -0.2) is 11.7 Å². The lowest BCUT2D eigenvalue weighted by atomic mass is 10.0. The Hall–Kier alpha value is 0.795. The molecule has 0 aliphatic carbocycles. The third-order valence-corrected chi connectivity index (χ3v) is 1.19. The molecule has 1 unspecified atom stereocenters. The Morgan fingerprint density at radius 1 is 1.83 bits per heavy atom. The van der Waals surface area contributed by atoms with Crippen molar-refractivity contribution < 1.29 is 0 Å². The van der Waals surface area contributed by atoms with Gasteiger partial charge in [-0.2, -0.15) is 0 Å². The Morgan fingerprint density at radius 2 is 2.33 bits per heavy atom. The maximum Gasteiger partial charge on any atom is 0.0842 e. The quantitative estimate of drug-likeness (QED) is 0.356. The first-order valence-electron chi connectivity index (χ1n) is 2.17. The van der Waals surface area contributed by atoms with Crippen molar-refractivity contribution in [2.75, 3.05) is 0 Å². The second-order valence-corrected chi connectivity index (χ2v) is 2.90. The molecule has 0 nitrogen and oxygen atoms in total. The molecule has 0 bridgehead atoms. The van der Waals surface area contributed by atoms with Crippen LogP contribution in [0.2, 0.25) is 0 Å². The minimum atomic E-state index is 0.368. The molecule has 0 rings (SSSR count). The fourth-order valence-electron chi connectivity index (χ4n) is 0.276. The van der Waals surface area contributed by atoms with Gasteiger partial charge >= 0.3 is 0 Å². The molecule has 0 amide bonds. The normalized spacial score (nSPS) is 14.3. The standard InChI is InChI=1S/C4H8BI/c1-2-3-4(5)6/h4H,2-3H2,1H3. The Labute approximate surface area is 54.2 Å². The second kappa shape index (κ2) is 3.97. The molecule has 0 saturated heterocycles. The SMILES string of the molecule is [B]C(I)CCC. The summed E-state index contributed by atoms with van der Waals surface area (Å²) in [5.74, 6) is 0. The summed E-state index contributed by atoms with van der Waals surface area (Å²) in [6.07, 6.45) is 2.34. The molecule has 6 heavy (non-hydrogen) atoms. The molecule has 0 aliphatic heterocycles. The summed E-state index contributed by atoms with van der Waals surface area (Å²) in [4.78, 5) is 0. The molecule has 0 aliphatic rings. The van der Waals surface area contributed by atoms with Gasteiger partial charge in [0.1, 0.15) is 0 Å². The third kappa shape index (κ3) is 4.79. The predicted octanol–water partition coefficient (Wildman–Crippen LogP) is 1.72. The molecule has 0 aromatic rings. The molecule has 2 radical (unpaired) electrons. The molecule has 0 spiro atoms. The highest BCUT2D eigenvalue weighted by Gasteiger charge is 1.87. The highest BCUT2D eigenvalue weighted by Crippen LogP contribution is 2.01. The minimum Gasteiger partial charge on any atom is -0.0932 e. The zero-order valence-corrected chi connectivity index (χ0v) is 6.10. The first-order chi connectivity index (χ1) is 2.77. The summed E-state index contributed by atoms with van der Waals surface area (Å²) in [5.41, 5.74) is 0. The van der Waals surface area contributed by atoms with Crippen molar-refractivity contribution >= 4 is 30.4 Å². The molecular formula is C4H8BI. The highest BCUT2D eigenvalue weighted by molar-refractivity contribution is 14.1. The number of halogens is 1. The number of hydrogen-bond donors (Lipinski definition) is 0. The predicted molar refractivity (Wildman–Crippen MR) is 38.5 cm³/mol. The van der Waals surface area contributed by atoms with E-state index in [1.165, 1.54) is 6.42 Å². The average molecular weight is 194 g/mol. The van der Waals surface area contributed by atoms with Gasteiger partial charge in [0.2, 0.25) is 0 Å². The van der Waals surface area contributed by atoms with Crippen molar-refractivity contribution in [2.45, 2.75) is 23.6 Å². The molecule has 0 N–H and O–H groups in total. The van der Waals surface area contributed by atoms with Gasteiger partial charge in [-0.25, -0.2) is 0 Å². The summed E-state index contributed by atoms with van der Waals surface area (Å²) in [7, 11) is 5.39. The first-order valence-corrected chi connectivity index (χ1v) is 3.41. The third-order valence-electron chi connectivity index (χ3n) is 0.564. The Morgan fingerprint density at radius 3 is 2.33 bits per heavy atom. The van der Waals surface area contributed by atoms with E-state index >= 15 is 0 Å². The van der Waals surface area contributed by atoms with Gasteiger partial charge in [0.05, 0.1) is 7.85 Å². The van der Waals surface area contributed by atoms with Gasteiger partial charge < -0.3 is 0 Å². The van der Waals surface area contributed by atoms with E-state index in [1.54, 1.807) is 0 Å². The van der Waals surface area contributed by atoms with Crippen LogP contribution in [0.5, 0.6) is 0 Å². The Bertz CT molecular complexity index is 28.7. The van der Waals surface area contributed by atoms with Crippen molar-refractivity contribution in [3.63, 3.8) is 0 Å². The summed E-state index contributed by atoms with van der Waals surface area (Å²) in [6, 6.07) is 0. The van der Waals surface area contributed by atoms with Gasteiger partial charge in [0.25, 0.3) is 0 Å². The first kappa shape index (κ1) is 6.79. The van der Waals surface area contributed by atoms with Gasteiger partial charge in [-0.3, -0.25) is 0 Å². The van der Waals surface area contributed by atoms with Crippen molar-refractivity contribution in [2.24, 2.45) is 0 Å². The molecule has 2 heteroatoms. The molecule has 0 aromatic heterocycles. The van der Waals surface area contributed by atoms with E-state index in [0.29, 0.717) is 3.82 Å². The maximum atomic E-state index is 5.39. The van der Waals surface area contributed by atoms with E-state index in [9.17, 15) is 0 Å². The van der Waals surface area contributed by atoms with Crippen molar-refractivity contribution in [1.29, 1.82) is 0 Å². The lowest BCUT2D eigenvalue weighted by Crippen LogP contribution is -1.91. The van der Waals surface area contributed by atoms with Crippen molar-refractivity contribution in [3.8, 4) is 0 Å². The van der Waals surface area contributed by atoms with E-state index in [0.717, 1.165) is 6.42 Å².